The van der Waals surface area contributed by atoms with Crippen LogP contribution < -0.4 is 4.74 Å². The second kappa shape index (κ2) is 8.06. The Bertz CT molecular complexity index is 745. The first-order valence-electron chi connectivity index (χ1n) is 9.34. The molecule has 0 unspecified atom stereocenters. The summed E-state index contributed by atoms with van der Waals surface area (Å²) in [6.07, 6.45) is 2.43. The zero-order chi connectivity index (χ0) is 19.5. The van der Waals surface area contributed by atoms with Gasteiger partial charge in [0.05, 0.1) is 18.8 Å². The molecule has 1 amide bonds. The average Bonchev–Trinajstić information content (AvgIpc) is 2.90. The molecule has 0 aromatic heterocycles. The summed E-state index contributed by atoms with van der Waals surface area (Å²) in [5.74, 6) is 0.941. The summed E-state index contributed by atoms with van der Waals surface area (Å²) in [5.41, 5.74) is -0.453. The van der Waals surface area contributed by atoms with Gasteiger partial charge in [-0.25, -0.2) is 13.2 Å². The van der Waals surface area contributed by atoms with E-state index in [4.69, 9.17) is 9.47 Å². The zero-order valence-electron chi connectivity index (χ0n) is 16.0. The summed E-state index contributed by atoms with van der Waals surface area (Å²) >= 11 is 0. The lowest BCUT2D eigenvalue weighted by molar-refractivity contribution is -0.00604. The molecule has 2 aliphatic rings. The molecule has 1 aromatic carbocycles. The molecule has 0 bridgehead atoms. The lowest BCUT2D eigenvalue weighted by Gasteiger charge is -2.40. The van der Waals surface area contributed by atoms with E-state index in [2.05, 4.69) is 4.90 Å². The molecule has 150 valence electrons. The predicted molar refractivity (Wildman–Crippen MR) is 103 cm³/mol. The quantitative estimate of drug-likeness (QED) is 0.699. The highest BCUT2D eigenvalue weighted by molar-refractivity contribution is 7.90. The number of nitrogens with zero attached hydrogens (tertiary/aromatic N) is 2. The van der Waals surface area contributed by atoms with Gasteiger partial charge < -0.3 is 14.4 Å². The minimum Gasteiger partial charge on any atom is -0.492 e. The average molecular weight is 397 g/mol. The normalized spacial score (nSPS) is 21.3. The molecule has 0 N–H and O–H groups in total. The van der Waals surface area contributed by atoms with Crippen molar-refractivity contribution >= 4 is 15.9 Å². The van der Waals surface area contributed by atoms with E-state index in [0.717, 1.165) is 31.7 Å². The maximum atomic E-state index is 12.2. The minimum atomic E-state index is -3.00. The summed E-state index contributed by atoms with van der Waals surface area (Å²) in [5, 5.41) is 0. The first-order chi connectivity index (χ1) is 12.8. The van der Waals surface area contributed by atoms with Gasteiger partial charge in [0, 0.05) is 38.2 Å². The van der Waals surface area contributed by atoms with Crippen LogP contribution in [0.4, 0.5) is 4.79 Å². The molecule has 1 spiro atoms. The van der Waals surface area contributed by atoms with Crippen LogP contribution in [0.2, 0.25) is 0 Å². The van der Waals surface area contributed by atoms with Crippen molar-refractivity contribution in [1.29, 1.82) is 0 Å². The van der Waals surface area contributed by atoms with Crippen molar-refractivity contribution in [2.45, 2.75) is 31.4 Å². The zero-order valence-corrected chi connectivity index (χ0v) is 16.8. The molecular formula is C19H28N2O5S. The van der Waals surface area contributed by atoms with Gasteiger partial charge in [0.1, 0.15) is 27.8 Å². The van der Waals surface area contributed by atoms with Crippen molar-refractivity contribution < 1.29 is 22.7 Å². The van der Waals surface area contributed by atoms with E-state index in [9.17, 15) is 13.2 Å². The van der Waals surface area contributed by atoms with Crippen molar-refractivity contribution in [1.82, 2.24) is 9.80 Å². The molecule has 3 rings (SSSR count). The number of hydrogen-bond acceptors (Lipinski definition) is 6. The van der Waals surface area contributed by atoms with Crippen LogP contribution in [0.1, 0.15) is 19.8 Å². The van der Waals surface area contributed by atoms with Gasteiger partial charge in [0.15, 0.2) is 0 Å². The van der Waals surface area contributed by atoms with Crippen LogP contribution in [0.5, 0.6) is 5.75 Å². The highest BCUT2D eigenvalue weighted by atomic mass is 32.2. The number of likely N-dealkylation sites (tertiary alicyclic amines) is 1. The SMILES string of the molecule is C[C@H](CS(C)(=O)=O)N1CCC2(CC1)CN(CCOc1ccccc1)C(=O)O2. The molecule has 0 radical (unpaired) electrons. The standard InChI is InChI=1S/C19H28N2O5S/c1-16(14-27(2,23)24)20-10-8-19(9-11-20)15-21(18(22)26-19)12-13-25-17-6-4-3-5-7-17/h3-7,16H,8-15H2,1-2H3/t16-/m1/s1. The lowest BCUT2D eigenvalue weighted by Crippen LogP contribution is -2.50. The van der Waals surface area contributed by atoms with Crippen LogP contribution in [-0.4, -0.2) is 80.7 Å². The van der Waals surface area contributed by atoms with Crippen LogP contribution in [0, 0.1) is 0 Å². The highest BCUT2D eigenvalue weighted by Gasteiger charge is 2.47. The molecule has 7 nitrogen and oxygen atoms in total. The molecule has 2 heterocycles. The number of hydrogen-bond donors (Lipinski definition) is 0. The van der Waals surface area contributed by atoms with Crippen LogP contribution in [-0.2, 0) is 14.6 Å². The third-order valence-corrected chi connectivity index (χ3v) is 6.38. The van der Waals surface area contributed by atoms with E-state index in [-0.39, 0.29) is 17.9 Å². The molecule has 1 atom stereocenters. The molecular weight excluding hydrogens is 368 g/mol. The van der Waals surface area contributed by atoms with Gasteiger partial charge in [-0.15, -0.1) is 0 Å². The van der Waals surface area contributed by atoms with Crippen LogP contribution in [0.25, 0.3) is 0 Å². The van der Waals surface area contributed by atoms with Gasteiger partial charge in [-0.05, 0) is 19.1 Å². The Kier molecular flexibility index (Phi) is 5.95. The van der Waals surface area contributed by atoms with E-state index in [1.54, 1.807) is 4.90 Å². The third kappa shape index (κ3) is 5.35. The smallest absolute Gasteiger partial charge is 0.410 e. The van der Waals surface area contributed by atoms with Gasteiger partial charge in [0.25, 0.3) is 0 Å². The van der Waals surface area contributed by atoms with E-state index in [1.165, 1.54) is 6.26 Å². The Morgan fingerprint density at radius 1 is 1.22 bits per heavy atom. The molecule has 8 heteroatoms. The Morgan fingerprint density at radius 3 is 2.52 bits per heavy atom. The number of sulfone groups is 1. The Morgan fingerprint density at radius 2 is 1.89 bits per heavy atom. The molecule has 27 heavy (non-hydrogen) atoms. The third-order valence-electron chi connectivity index (χ3n) is 5.29. The van der Waals surface area contributed by atoms with Gasteiger partial charge >= 0.3 is 6.09 Å². The van der Waals surface area contributed by atoms with E-state index >= 15 is 0 Å². The molecule has 0 saturated carbocycles. The van der Waals surface area contributed by atoms with E-state index in [0.29, 0.717) is 19.7 Å². The number of para-hydroxylation sites is 1. The molecule has 2 fully saturated rings. The Labute approximate surface area is 161 Å². The maximum absolute atomic E-state index is 12.2. The van der Waals surface area contributed by atoms with Crippen molar-refractivity contribution in [3.8, 4) is 5.75 Å². The number of amides is 1. The summed E-state index contributed by atoms with van der Waals surface area (Å²) < 4.78 is 34.4. The number of ether oxygens (including phenoxy) is 2. The van der Waals surface area contributed by atoms with Gasteiger partial charge in [-0.3, -0.25) is 4.90 Å². The fourth-order valence-corrected chi connectivity index (χ4v) is 4.92. The lowest BCUT2D eigenvalue weighted by atomic mass is 9.91. The van der Waals surface area contributed by atoms with Crippen molar-refractivity contribution in [3.63, 3.8) is 0 Å². The van der Waals surface area contributed by atoms with Crippen LogP contribution in [0.3, 0.4) is 0 Å². The fraction of sp³-hybridized carbons (Fsp3) is 0.632. The van der Waals surface area contributed by atoms with Gasteiger partial charge in [0.2, 0.25) is 0 Å². The Hall–Kier alpha value is -1.80. The summed E-state index contributed by atoms with van der Waals surface area (Å²) in [6.45, 7) is 4.89. The molecule has 1 aromatic rings. The summed E-state index contributed by atoms with van der Waals surface area (Å²) in [7, 11) is -3.00. The second-order valence-corrected chi connectivity index (χ2v) is 9.80. The Balaban J connectivity index is 1.47. The number of rotatable bonds is 7. The molecule has 2 saturated heterocycles. The fourth-order valence-electron chi connectivity index (χ4n) is 3.83. The maximum Gasteiger partial charge on any atom is 0.410 e. The van der Waals surface area contributed by atoms with Crippen LogP contribution in [0.15, 0.2) is 30.3 Å². The van der Waals surface area contributed by atoms with Gasteiger partial charge in [-0.1, -0.05) is 18.2 Å². The number of carbonyl (C=O) groups is 1. The first-order valence-corrected chi connectivity index (χ1v) is 11.4. The minimum absolute atomic E-state index is 0.0233. The first kappa shape index (κ1) is 19.9. The van der Waals surface area contributed by atoms with Crippen LogP contribution >= 0.6 is 0 Å². The van der Waals surface area contributed by atoms with Crippen molar-refractivity contribution in [3.05, 3.63) is 30.3 Å². The summed E-state index contributed by atoms with van der Waals surface area (Å²) in [4.78, 5) is 16.1. The van der Waals surface area contributed by atoms with Crippen molar-refractivity contribution in [2.75, 3.05) is 44.8 Å². The predicted octanol–water partition coefficient (Wildman–Crippen LogP) is 1.79. The molecule has 0 aliphatic carbocycles. The number of carbonyl (C=O) groups excluding carboxylic acids is 1. The number of piperidine rings is 1. The van der Waals surface area contributed by atoms with Crippen molar-refractivity contribution in [2.24, 2.45) is 0 Å². The second-order valence-electron chi connectivity index (χ2n) is 7.61. The topological polar surface area (TPSA) is 76.2 Å². The summed E-state index contributed by atoms with van der Waals surface area (Å²) in [6, 6.07) is 9.50. The van der Waals surface area contributed by atoms with Gasteiger partial charge in [-0.2, -0.15) is 0 Å². The molecule has 2 aliphatic heterocycles. The highest BCUT2D eigenvalue weighted by Crippen LogP contribution is 2.33. The monoisotopic (exact) mass is 396 g/mol. The van der Waals surface area contributed by atoms with E-state index < -0.39 is 15.4 Å². The largest absolute Gasteiger partial charge is 0.492 e. The van der Waals surface area contributed by atoms with E-state index in [1.807, 2.05) is 37.3 Å². The number of benzene rings is 1.